The molecule has 0 saturated carbocycles. The van der Waals surface area contributed by atoms with E-state index in [2.05, 4.69) is 19.8 Å². The molecule has 4 rings (SSSR count). The summed E-state index contributed by atoms with van der Waals surface area (Å²) < 4.78 is 5.44. The Morgan fingerprint density at radius 2 is 1.93 bits per heavy atom. The van der Waals surface area contributed by atoms with Crippen molar-refractivity contribution in [1.29, 1.82) is 0 Å². The molecule has 0 N–H and O–H groups in total. The Bertz CT molecular complexity index is 757. The van der Waals surface area contributed by atoms with Crippen LogP contribution in [0.4, 0.5) is 10.7 Å². The first-order valence-electron chi connectivity index (χ1n) is 9.23. The Morgan fingerprint density at radius 3 is 2.59 bits per heavy atom. The molecule has 4 heterocycles. The molecule has 1 aromatic heterocycles. The topological polar surface area (TPSA) is 78.9 Å². The van der Waals surface area contributed by atoms with Crippen molar-refractivity contribution in [3.8, 4) is 0 Å². The Labute approximate surface area is 162 Å². The summed E-state index contributed by atoms with van der Waals surface area (Å²) in [6.07, 6.45) is 5.54. The van der Waals surface area contributed by atoms with Gasteiger partial charge in [0.05, 0.1) is 23.8 Å². The molecule has 0 atom stereocenters. The van der Waals surface area contributed by atoms with Gasteiger partial charge in [-0.2, -0.15) is 0 Å². The van der Waals surface area contributed by atoms with Crippen LogP contribution < -0.4 is 4.90 Å². The molecule has 3 fully saturated rings. The predicted molar refractivity (Wildman–Crippen MR) is 103 cm³/mol. The van der Waals surface area contributed by atoms with E-state index >= 15 is 0 Å². The molecule has 3 aliphatic heterocycles. The van der Waals surface area contributed by atoms with Gasteiger partial charge in [-0.25, -0.2) is 9.97 Å². The van der Waals surface area contributed by atoms with E-state index < -0.39 is 0 Å². The second kappa shape index (κ2) is 7.95. The number of hydrogen-bond donors (Lipinski definition) is 0. The van der Waals surface area contributed by atoms with E-state index in [1.165, 1.54) is 7.05 Å². The average molecular weight is 389 g/mol. The minimum absolute atomic E-state index is 0.259. The average Bonchev–Trinajstić information content (AvgIpc) is 2.96. The summed E-state index contributed by atoms with van der Waals surface area (Å²) >= 11 is 0.943. The molecular weight excluding hydrogens is 366 g/mol. The van der Waals surface area contributed by atoms with Crippen molar-refractivity contribution < 1.29 is 14.3 Å². The quantitative estimate of drug-likeness (QED) is 0.719. The molecule has 0 radical (unpaired) electrons. The molecule has 0 unspecified atom stereocenters. The van der Waals surface area contributed by atoms with Crippen LogP contribution in [0.5, 0.6) is 0 Å². The lowest BCUT2D eigenvalue weighted by molar-refractivity contribution is -0.121. The zero-order valence-corrected chi connectivity index (χ0v) is 16.2. The number of hydrogen-bond acceptors (Lipinski definition) is 8. The summed E-state index contributed by atoms with van der Waals surface area (Å²) in [6.45, 7) is 5.52. The minimum Gasteiger partial charge on any atom is -0.379 e. The monoisotopic (exact) mass is 389 g/mol. The highest BCUT2D eigenvalue weighted by Gasteiger charge is 2.32. The molecule has 2 amide bonds. The zero-order chi connectivity index (χ0) is 18.8. The van der Waals surface area contributed by atoms with Gasteiger partial charge in [0.2, 0.25) is 5.95 Å². The van der Waals surface area contributed by atoms with Crippen LogP contribution in [0.25, 0.3) is 6.08 Å². The van der Waals surface area contributed by atoms with E-state index in [1.807, 2.05) is 0 Å². The number of carbonyl (C=O) groups is 2. The normalized spacial score (nSPS) is 24.3. The molecule has 3 saturated heterocycles. The summed E-state index contributed by atoms with van der Waals surface area (Å²) in [4.78, 5) is 38.9. The van der Waals surface area contributed by atoms with Crippen LogP contribution >= 0.6 is 11.8 Å². The van der Waals surface area contributed by atoms with Gasteiger partial charge in [-0.1, -0.05) is 0 Å². The van der Waals surface area contributed by atoms with E-state index in [4.69, 9.17) is 4.74 Å². The van der Waals surface area contributed by atoms with Crippen molar-refractivity contribution in [3.63, 3.8) is 0 Å². The minimum atomic E-state index is -0.281. The van der Waals surface area contributed by atoms with Crippen molar-refractivity contribution >= 4 is 34.9 Å². The van der Waals surface area contributed by atoms with Crippen LogP contribution in [0, 0.1) is 0 Å². The van der Waals surface area contributed by atoms with Crippen LogP contribution in [-0.2, 0) is 9.53 Å². The number of morpholine rings is 1. The molecule has 8 nitrogen and oxygen atoms in total. The van der Waals surface area contributed by atoms with Crippen LogP contribution in [0.1, 0.15) is 18.5 Å². The molecule has 1 aromatic rings. The number of anilines is 1. The van der Waals surface area contributed by atoms with E-state index in [-0.39, 0.29) is 11.1 Å². The number of thioether (sulfide) groups is 1. The van der Waals surface area contributed by atoms with E-state index in [9.17, 15) is 9.59 Å². The summed E-state index contributed by atoms with van der Waals surface area (Å²) in [7, 11) is 1.49. The molecule has 0 spiro atoms. The Kier molecular flexibility index (Phi) is 5.42. The fraction of sp³-hybridized carbons (Fsp3) is 0.556. The number of likely N-dealkylation sites (N-methyl/N-ethyl adjacent to an activating group) is 1. The number of carbonyl (C=O) groups excluding carboxylic acids is 2. The summed E-state index contributed by atoms with van der Waals surface area (Å²) in [5.74, 6) is 0.399. The standard InChI is InChI=1S/C18H23N5O3S/c1-21-16(24)15(27-18(21)25)12-13-2-5-19-17(20-13)23-6-3-14(4-7-23)22-8-10-26-11-9-22/h2,5,12,14H,3-4,6-11H2,1H3/b15-12-. The van der Waals surface area contributed by atoms with Crippen molar-refractivity contribution in [3.05, 3.63) is 22.9 Å². The van der Waals surface area contributed by atoms with E-state index in [0.29, 0.717) is 22.6 Å². The number of ether oxygens (including phenoxy) is 1. The second-order valence-electron chi connectivity index (χ2n) is 6.89. The van der Waals surface area contributed by atoms with Gasteiger partial charge in [0.25, 0.3) is 11.1 Å². The van der Waals surface area contributed by atoms with Gasteiger partial charge in [-0.3, -0.25) is 19.4 Å². The summed E-state index contributed by atoms with van der Waals surface area (Å²) in [5, 5.41) is -0.259. The van der Waals surface area contributed by atoms with Gasteiger partial charge in [-0.15, -0.1) is 0 Å². The number of rotatable bonds is 3. The zero-order valence-electron chi connectivity index (χ0n) is 15.3. The van der Waals surface area contributed by atoms with Crippen molar-refractivity contribution in [2.24, 2.45) is 0 Å². The third-order valence-electron chi connectivity index (χ3n) is 5.24. The number of nitrogens with zero attached hydrogens (tertiary/aromatic N) is 5. The second-order valence-corrected chi connectivity index (χ2v) is 7.88. The van der Waals surface area contributed by atoms with Crippen molar-refractivity contribution in [2.45, 2.75) is 18.9 Å². The Morgan fingerprint density at radius 1 is 1.19 bits per heavy atom. The van der Waals surface area contributed by atoms with Gasteiger partial charge >= 0.3 is 0 Å². The molecular formula is C18H23N5O3S. The summed E-state index contributed by atoms with van der Waals surface area (Å²) in [6, 6.07) is 2.36. The largest absolute Gasteiger partial charge is 0.379 e. The first kappa shape index (κ1) is 18.4. The first-order chi connectivity index (χ1) is 13.1. The highest BCUT2D eigenvalue weighted by molar-refractivity contribution is 8.18. The predicted octanol–water partition coefficient (Wildman–Crippen LogP) is 1.44. The highest BCUT2D eigenvalue weighted by Crippen LogP contribution is 2.31. The molecule has 27 heavy (non-hydrogen) atoms. The van der Waals surface area contributed by atoms with Crippen LogP contribution in [-0.4, -0.2) is 83.4 Å². The van der Waals surface area contributed by atoms with Gasteiger partial charge in [0.15, 0.2) is 0 Å². The molecule has 144 valence electrons. The number of imide groups is 1. The maximum Gasteiger partial charge on any atom is 0.293 e. The van der Waals surface area contributed by atoms with Crippen LogP contribution in [0.2, 0.25) is 0 Å². The van der Waals surface area contributed by atoms with Gasteiger partial charge < -0.3 is 9.64 Å². The van der Waals surface area contributed by atoms with Gasteiger partial charge in [0, 0.05) is 45.5 Å². The maximum atomic E-state index is 12.0. The number of amides is 2. The first-order valence-corrected chi connectivity index (χ1v) is 10.0. The molecule has 0 bridgehead atoms. The van der Waals surface area contributed by atoms with Crippen LogP contribution in [0.3, 0.4) is 0 Å². The fourth-order valence-electron chi connectivity index (χ4n) is 3.65. The molecule has 9 heteroatoms. The lowest BCUT2D eigenvalue weighted by atomic mass is 10.0. The lowest BCUT2D eigenvalue weighted by Gasteiger charge is -2.40. The van der Waals surface area contributed by atoms with Crippen LogP contribution in [0.15, 0.2) is 17.2 Å². The smallest absolute Gasteiger partial charge is 0.293 e. The number of piperidine rings is 1. The van der Waals surface area contributed by atoms with Gasteiger partial charge in [-0.05, 0) is 36.7 Å². The van der Waals surface area contributed by atoms with E-state index in [1.54, 1.807) is 18.3 Å². The van der Waals surface area contributed by atoms with Gasteiger partial charge in [0.1, 0.15) is 0 Å². The fourth-order valence-corrected chi connectivity index (χ4v) is 4.46. The Hall–Kier alpha value is -1.97. The Balaban J connectivity index is 1.41. The molecule has 0 aliphatic carbocycles. The summed E-state index contributed by atoms with van der Waals surface area (Å²) in [5.41, 5.74) is 0.647. The molecule has 3 aliphatic rings. The number of aromatic nitrogens is 2. The van der Waals surface area contributed by atoms with Crippen molar-refractivity contribution in [2.75, 3.05) is 51.3 Å². The SMILES string of the molecule is CN1C(=O)S/C(=C\c2ccnc(N3CCC(N4CCOCC4)CC3)n2)C1=O. The third kappa shape index (κ3) is 3.99. The third-order valence-corrected chi connectivity index (χ3v) is 6.20. The van der Waals surface area contributed by atoms with Crippen molar-refractivity contribution in [1.82, 2.24) is 19.8 Å². The van der Waals surface area contributed by atoms with E-state index in [0.717, 1.165) is 68.9 Å². The lowest BCUT2D eigenvalue weighted by Crippen LogP contribution is -2.49. The highest BCUT2D eigenvalue weighted by atomic mass is 32.2. The maximum absolute atomic E-state index is 12.0. The molecule has 0 aromatic carbocycles.